The van der Waals surface area contributed by atoms with Crippen LogP contribution in [-0.2, 0) is 19.3 Å². The van der Waals surface area contributed by atoms with E-state index in [0.29, 0.717) is 5.88 Å². The maximum absolute atomic E-state index is 5.34. The van der Waals surface area contributed by atoms with Gasteiger partial charge in [0, 0.05) is 37.5 Å². The smallest absolute Gasteiger partial charge is 0.225 e. The van der Waals surface area contributed by atoms with Gasteiger partial charge in [-0.1, -0.05) is 6.92 Å². The minimum atomic E-state index is 0.684. The summed E-state index contributed by atoms with van der Waals surface area (Å²) in [6.07, 6.45) is 8.03. The van der Waals surface area contributed by atoms with Crippen LogP contribution in [0.5, 0.6) is 5.88 Å². The van der Waals surface area contributed by atoms with Gasteiger partial charge in [-0.05, 0) is 18.4 Å². The third-order valence-corrected chi connectivity index (χ3v) is 3.82. The number of hydrogen-bond acceptors (Lipinski definition) is 6. The molecule has 0 saturated carbocycles. The summed E-state index contributed by atoms with van der Waals surface area (Å²) in [4.78, 5) is 19.7. The van der Waals surface area contributed by atoms with E-state index in [1.165, 1.54) is 0 Å². The van der Waals surface area contributed by atoms with E-state index in [1.54, 1.807) is 13.4 Å². The summed E-state index contributed by atoms with van der Waals surface area (Å²) in [5.41, 5.74) is 3.33. The number of aromatic nitrogens is 4. The number of fused-ring (bicyclic) bond motifs is 1. The molecular formula is C15H19N5O. The van der Waals surface area contributed by atoms with Crippen molar-refractivity contribution in [1.82, 2.24) is 19.9 Å². The molecule has 3 heterocycles. The number of ether oxygens (including phenoxy) is 1. The van der Waals surface area contributed by atoms with E-state index in [1.807, 2.05) is 12.4 Å². The molecule has 0 spiro atoms. The van der Waals surface area contributed by atoms with E-state index in [2.05, 4.69) is 31.8 Å². The molecule has 0 unspecified atom stereocenters. The van der Waals surface area contributed by atoms with E-state index in [4.69, 9.17) is 4.74 Å². The third kappa shape index (κ3) is 2.79. The molecule has 0 saturated heterocycles. The van der Waals surface area contributed by atoms with Crippen LogP contribution in [0.1, 0.15) is 23.7 Å². The van der Waals surface area contributed by atoms with E-state index >= 15 is 0 Å². The van der Waals surface area contributed by atoms with Gasteiger partial charge in [-0.3, -0.25) is 0 Å². The van der Waals surface area contributed by atoms with Crippen LogP contribution in [0.4, 0.5) is 5.95 Å². The molecule has 0 amide bonds. The Bertz CT molecular complexity index is 614. The van der Waals surface area contributed by atoms with E-state index < -0.39 is 0 Å². The molecule has 3 rings (SSSR count). The van der Waals surface area contributed by atoms with Gasteiger partial charge in [0.05, 0.1) is 12.8 Å². The predicted molar refractivity (Wildman–Crippen MR) is 79.6 cm³/mol. The second-order valence-corrected chi connectivity index (χ2v) is 5.04. The largest absolute Gasteiger partial charge is 0.481 e. The van der Waals surface area contributed by atoms with Crippen LogP contribution in [0.25, 0.3) is 0 Å². The van der Waals surface area contributed by atoms with E-state index in [0.717, 1.165) is 55.1 Å². The van der Waals surface area contributed by atoms with Crippen molar-refractivity contribution in [3.63, 3.8) is 0 Å². The summed E-state index contributed by atoms with van der Waals surface area (Å²) in [5, 5.41) is 0. The molecule has 2 aromatic rings. The quantitative estimate of drug-likeness (QED) is 0.850. The van der Waals surface area contributed by atoms with Crippen molar-refractivity contribution in [2.45, 2.75) is 26.2 Å². The van der Waals surface area contributed by atoms with Gasteiger partial charge >= 0.3 is 0 Å². The monoisotopic (exact) mass is 285 g/mol. The topological polar surface area (TPSA) is 64.0 Å². The number of anilines is 1. The lowest BCUT2D eigenvalue weighted by Gasteiger charge is -2.19. The van der Waals surface area contributed by atoms with Gasteiger partial charge in [0.2, 0.25) is 11.8 Å². The van der Waals surface area contributed by atoms with Crippen LogP contribution in [0.15, 0.2) is 18.7 Å². The Morgan fingerprint density at radius 3 is 2.57 bits per heavy atom. The van der Waals surface area contributed by atoms with Gasteiger partial charge in [0.1, 0.15) is 6.33 Å². The molecule has 1 aliphatic rings. The normalized spacial score (nSPS) is 14.5. The molecule has 0 aliphatic carbocycles. The molecule has 0 fully saturated rings. The van der Waals surface area contributed by atoms with Crippen LogP contribution in [0.3, 0.4) is 0 Å². The number of nitrogens with zero attached hydrogens (tertiary/aromatic N) is 5. The lowest BCUT2D eigenvalue weighted by molar-refractivity contribution is 0.390. The van der Waals surface area contributed by atoms with Crippen molar-refractivity contribution in [3.8, 4) is 5.88 Å². The third-order valence-electron chi connectivity index (χ3n) is 3.82. The first-order valence-corrected chi connectivity index (χ1v) is 7.24. The maximum atomic E-state index is 5.34. The molecule has 1 aliphatic heterocycles. The van der Waals surface area contributed by atoms with Gasteiger partial charge in [-0.15, -0.1) is 0 Å². The molecule has 2 aromatic heterocycles. The predicted octanol–water partition coefficient (Wildman–Crippen LogP) is 1.44. The number of methoxy groups -OCH3 is 1. The first kappa shape index (κ1) is 13.7. The standard InChI is InChI=1S/C15H19N5O/c1-3-11-8-16-15(17-9-11)20-6-4-12-13(5-7-20)18-10-19-14(12)21-2/h8-10H,3-7H2,1-2H3. The minimum Gasteiger partial charge on any atom is -0.481 e. The minimum absolute atomic E-state index is 0.684. The highest BCUT2D eigenvalue weighted by atomic mass is 16.5. The zero-order valence-electron chi connectivity index (χ0n) is 12.4. The molecule has 0 bridgehead atoms. The first-order valence-electron chi connectivity index (χ1n) is 7.24. The number of hydrogen-bond donors (Lipinski definition) is 0. The highest BCUT2D eigenvalue weighted by Gasteiger charge is 2.20. The maximum Gasteiger partial charge on any atom is 0.225 e. The van der Waals surface area contributed by atoms with E-state index in [9.17, 15) is 0 Å². The molecular weight excluding hydrogens is 266 g/mol. The Morgan fingerprint density at radius 2 is 1.86 bits per heavy atom. The average molecular weight is 285 g/mol. The SMILES string of the molecule is CCc1cnc(N2CCc3ncnc(OC)c3CC2)nc1. The Hall–Kier alpha value is -2.24. The average Bonchev–Trinajstić information content (AvgIpc) is 2.77. The Kier molecular flexibility index (Phi) is 3.94. The lowest BCUT2D eigenvalue weighted by atomic mass is 10.1. The van der Waals surface area contributed by atoms with Gasteiger partial charge in [-0.2, -0.15) is 0 Å². The number of rotatable bonds is 3. The molecule has 21 heavy (non-hydrogen) atoms. The van der Waals surface area contributed by atoms with Crippen LogP contribution in [0, 0.1) is 0 Å². The lowest BCUT2D eigenvalue weighted by Crippen LogP contribution is -2.27. The van der Waals surface area contributed by atoms with Gasteiger partial charge < -0.3 is 9.64 Å². The van der Waals surface area contributed by atoms with Crippen molar-refractivity contribution in [2.75, 3.05) is 25.1 Å². The fraction of sp³-hybridized carbons (Fsp3) is 0.467. The van der Waals surface area contributed by atoms with Crippen molar-refractivity contribution >= 4 is 5.95 Å². The van der Waals surface area contributed by atoms with E-state index in [-0.39, 0.29) is 0 Å². The summed E-state index contributed by atoms with van der Waals surface area (Å²) in [6, 6.07) is 0. The van der Waals surface area contributed by atoms with Crippen LogP contribution >= 0.6 is 0 Å². The van der Waals surface area contributed by atoms with Crippen molar-refractivity contribution in [3.05, 3.63) is 35.5 Å². The molecule has 6 nitrogen and oxygen atoms in total. The highest BCUT2D eigenvalue weighted by molar-refractivity contribution is 5.37. The van der Waals surface area contributed by atoms with Gasteiger partial charge in [0.15, 0.2) is 0 Å². The summed E-state index contributed by atoms with van der Waals surface area (Å²) >= 11 is 0. The van der Waals surface area contributed by atoms with Crippen LogP contribution < -0.4 is 9.64 Å². The number of aryl methyl sites for hydroxylation is 1. The molecule has 0 radical (unpaired) electrons. The van der Waals surface area contributed by atoms with Crippen LogP contribution in [-0.4, -0.2) is 40.1 Å². The zero-order chi connectivity index (χ0) is 14.7. The summed E-state index contributed by atoms with van der Waals surface area (Å²) in [5.74, 6) is 1.47. The summed E-state index contributed by atoms with van der Waals surface area (Å²) in [6.45, 7) is 3.81. The van der Waals surface area contributed by atoms with Crippen molar-refractivity contribution in [2.24, 2.45) is 0 Å². The molecule has 0 atom stereocenters. The Labute approximate surface area is 124 Å². The molecule has 6 heteroatoms. The molecule has 110 valence electrons. The van der Waals surface area contributed by atoms with Crippen molar-refractivity contribution < 1.29 is 4.74 Å². The first-order chi connectivity index (χ1) is 10.3. The fourth-order valence-corrected chi connectivity index (χ4v) is 2.57. The Balaban J connectivity index is 1.80. The fourth-order valence-electron chi connectivity index (χ4n) is 2.57. The molecule has 0 aromatic carbocycles. The summed E-state index contributed by atoms with van der Waals surface area (Å²) < 4.78 is 5.34. The van der Waals surface area contributed by atoms with Gasteiger partial charge in [0.25, 0.3) is 0 Å². The van der Waals surface area contributed by atoms with Crippen LogP contribution in [0.2, 0.25) is 0 Å². The summed E-state index contributed by atoms with van der Waals surface area (Å²) in [7, 11) is 1.65. The second kappa shape index (κ2) is 6.03. The van der Waals surface area contributed by atoms with Gasteiger partial charge in [-0.25, -0.2) is 19.9 Å². The highest BCUT2D eigenvalue weighted by Crippen LogP contribution is 2.23. The second-order valence-electron chi connectivity index (χ2n) is 5.04. The zero-order valence-corrected chi connectivity index (χ0v) is 12.4. The van der Waals surface area contributed by atoms with Crippen molar-refractivity contribution in [1.29, 1.82) is 0 Å². The Morgan fingerprint density at radius 1 is 1.10 bits per heavy atom. The molecule has 0 N–H and O–H groups in total.